The molecule has 6 nitrogen and oxygen atoms in total. The number of carbonyl (C=O) groups excluding carboxylic acids is 2. The predicted octanol–water partition coefficient (Wildman–Crippen LogP) is 0.432. The van der Waals surface area contributed by atoms with Crippen molar-refractivity contribution in [3.63, 3.8) is 0 Å². The van der Waals surface area contributed by atoms with Gasteiger partial charge in [-0.2, -0.15) is 0 Å². The first-order valence-corrected chi connectivity index (χ1v) is 5.45. The second-order valence-electron chi connectivity index (χ2n) is 3.86. The Kier molecular flexibility index (Phi) is 3.31. The number of aliphatic hydroxyl groups excluding tert-OH is 1. The Morgan fingerprint density at radius 1 is 1.06 bits per heavy atom. The molecular formula is C12H12O6. The molecule has 1 aromatic carbocycles. The summed E-state index contributed by atoms with van der Waals surface area (Å²) in [6.45, 7) is -0.218. The van der Waals surface area contributed by atoms with E-state index in [0.29, 0.717) is 0 Å². The Bertz CT molecular complexity index is 444. The van der Waals surface area contributed by atoms with E-state index < -0.39 is 17.9 Å². The van der Waals surface area contributed by atoms with E-state index in [1.807, 2.05) is 0 Å². The maximum atomic E-state index is 11.8. The molecule has 96 valence electrons. The highest BCUT2D eigenvalue weighted by Crippen LogP contribution is 2.26. The summed E-state index contributed by atoms with van der Waals surface area (Å²) in [6.07, 6.45) is -0.0532. The lowest BCUT2D eigenvalue weighted by atomic mass is 10.1. The van der Waals surface area contributed by atoms with Gasteiger partial charge >= 0.3 is 17.9 Å². The number of hydrogen-bond acceptors (Lipinski definition) is 6. The lowest BCUT2D eigenvalue weighted by molar-refractivity contribution is -0.306. The largest absolute Gasteiger partial charge is 0.396 e. The fourth-order valence-electron chi connectivity index (χ4n) is 1.66. The van der Waals surface area contributed by atoms with Gasteiger partial charge in [-0.3, -0.25) is 0 Å². The van der Waals surface area contributed by atoms with Crippen molar-refractivity contribution >= 4 is 11.9 Å². The van der Waals surface area contributed by atoms with Crippen LogP contribution in [-0.2, 0) is 9.47 Å². The molecule has 6 heteroatoms. The van der Waals surface area contributed by atoms with Gasteiger partial charge in [-0.1, -0.05) is 12.1 Å². The van der Waals surface area contributed by atoms with Gasteiger partial charge in [0.05, 0.1) is 17.5 Å². The van der Waals surface area contributed by atoms with Crippen LogP contribution >= 0.6 is 0 Å². The van der Waals surface area contributed by atoms with Gasteiger partial charge in [0.15, 0.2) is 0 Å². The predicted molar refractivity (Wildman–Crippen MR) is 58.5 cm³/mol. The molecule has 0 amide bonds. The van der Waals surface area contributed by atoms with E-state index in [1.165, 1.54) is 12.1 Å². The number of rotatable bonds is 3. The number of carbonyl (C=O) groups is 2. The van der Waals surface area contributed by atoms with Crippen LogP contribution in [-0.4, -0.2) is 34.7 Å². The lowest BCUT2D eigenvalue weighted by Crippen LogP contribution is -2.38. The van der Waals surface area contributed by atoms with Gasteiger partial charge in [0.25, 0.3) is 0 Å². The van der Waals surface area contributed by atoms with Gasteiger partial charge in [0.1, 0.15) is 0 Å². The maximum Gasteiger partial charge on any atom is 0.373 e. The molecule has 18 heavy (non-hydrogen) atoms. The Hall–Kier alpha value is -1.92. The third kappa shape index (κ3) is 2.34. The minimum absolute atomic E-state index is 0.0439. The average molecular weight is 252 g/mol. The average Bonchev–Trinajstić information content (AvgIpc) is 2.44. The topological polar surface area (TPSA) is 93.1 Å². The Morgan fingerprint density at radius 2 is 1.56 bits per heavy atom. The highest BCUT2D eigenvalue weighted by atomic mass is 16.8. The van der Waals surface area contributed by atoms with Crippen LogP contribution in [0.1, 0.15) is 33.6 Å². The van der Waals surface area contributed by atoms with Crippen LogP contribution in [0.5, 0.6) is 0 Å². The molecule has 0 aliphatic carbocycles. The Morgan fingerprint density at radius 3 is 2.00 bits per heavy atom. The van der Waals surface area contributed by atoms with E-state index in [2.05, 4.69) is 0 Å². The van der Waals surface area contributed by atoms with Crippen LogP contribution in [0.3, 0.4) is 0 Å². The zero-order valence-corrected chi connectivity index (χ0v) is 9.46. The van der Waals surface area contributed by atoms with Crippen molar-refractivity contribution in [2.45, 2.75) is 18.8 Å². The second kappa shape index (κ2) is 4.75. The van der Waals surface area contributed by atoms with Crippen LogP contribution in [0.15, 0.2) is 24.3 Å². The van der Waals surface area contributed by atoms with E-state index in [4.69, 9.17) is 14.6 Å². The zero-order valence-electron chi connectivity index (χ0n) is 9.46. The Labute approximate surface area is 103 Å². The number of fused-ring (bicyclic) bond motifs is 1. The molecule has 2 rings (SSSR count). The molecule has 2 N–H and O–H groups in total. The molecule has 0 radical (unpaired) electrons. The van der Waals surface area contributed by atoms with Gasteiger partial charge in [0, 0.05) is 6.61 Å². The highest BCUT2D eigenvalue weighted by Gasteiger charge is 2.41. The van der Waals surface area contributed by atoms with Gasteiger partial charge < -0.3 is 19.7 Å². The standard InChI is InChI=1S/C12H12O6/c13-7-3-6-12(16)17-10(14)8-4-1-2-5-9(8)11(15)18-12/h1-2,4-5,13,16H,3,6-7H2. The fourth-order valence-corrected chi connectivity index (χ4v) is 1.66. The molecule has 1 aliphatic rings. The Balaban J connectivity index is 2.33. The van der Waals surface area contributed by atoms with Crippen molar-refractivity contribution in [1.29, 1.82) is 0 Å². The first kappa shape index (κ1) is 12.5. The number of benzene rings is 1. The monoisotopic (exact) mass is 252 g/mol. The molecular weight excluding hydrogens is 240 g/mol. The van der Waals surface area contributed by atoms with Crippen molar-refractivity contribution in [1.82, 2.24) is 0 Å². The molecule has 0 fully saturated rings. The molecule has 1 heterocycles. The number of aliphatic hydroxyl groups is 2. The highest BCUT2D eigenvalue weighted by molar-refractivity contribution is 6.04. The first-order chi connectivity index (χ1) is 8.56. The van der Waals surface area contributed by atoms with E-state index >= 15 is 0 Å². The summed E-state index contributed by atoms with van der Waals surface area (Å²) in [5.41, 5.74) is 0.0878. The lowest BCUT2D eigenvalue weighted by Gasteiger charge is -2.24. The number of esters is 2. The molecule has 0 aromatic heterocycles. The van der Waals surface area contributed by atoms with E-state index in [1.54, 1.807) is 12.1 Å². The number of ether oxygens (including phenoxy) is 2. The van der Waals surface area contributed by atoms with Crippen LogP contribution in [0, 0.1) is 0 Å². The van der Waals surface area contributed by atoms with Gasteiger partial charge in [0.2, 0.25) is 0 Å². The molecule has 0 bridgehead atoms. The zero-order chi connectivity index (χ0) is 13.2. The summed E-state index contributed by atoms with van der Waals surface area (Å²) in [5.74, 6) is -4.00. The van der Waals surface area contributed by atoms with Gasteiger partial charge in [-0.15, -0.1) is 0 Å². The van der Waals surface area contributed by atoms with E-state index in [9.17, 15) is 14.7 Å². The van der Waals surface area contributed by atoms with Crippen LogP contribution < -0.4 is 0 Å². The first-order valence-electron chi connectivity index (χ1n) is 5.45. The fraction of sp³-hybridized carbons (Fsp3) is 0.333. The quantitative estimate of drug-likeness (QED) is 0.758. The molecule has 0 saturated heterocycles. The smallest absolute Gasteiger partial charge is 0.373 e. The van der Waals surface area contributed by atoms with Gasteiger partial charge in [-0.25, -0.2) is 9.59 Å². The minimum Gasteiger partial charge on any atom is -0.396 e. The third-order valence-electron chi connectivity index (χ3n) is 2.52. The van der Waals surface area contributed by atoms with Crippen molar-refractivity contribution < 1.29 is 29.3 Å². The normalized spacial score (nSPS) is 17.4. The molecule has 0 atom stereocenters. The summed E-state index contributed by atoms with van der Waals surface area (Å²) in [7, 11) is 0. The minimum atomic E-state index is -2.32. The molecule has 0 spiro atoms. The summed E-state index contributed by atoms with van der Waals surface area (Å²) >= 11 is 0. The van der Waals surface area contributed by atoms with Gasteiger partial charge in [-0.05, 0) is 18.6 Å². The molecule has 1 aromatic rings. The summed E-state index contributed by atoms with van der Waals surface area (Å²) < 4.78 is 9.52. The van der Waals surface area contributed by atoms with Crippen molar-refractivity contribution in [3.05, 3.63) is 35.4 Å². The van der Waals surface area contributed by atoms with E-state index in [0.717, 1.165) is 0 Å². The van der Waals surface area contributed by atoms with Crippen molar-refractivity contribution in [3.8, 4) is 0 Å². The summed E-state index contributed by atoms with van der Waals surface area (Å²) in [6, 6.07) is 5.98. The van der Waals surface area contributed by atoms with Crippen LogP contribution in [0.4, 0.5) is 0 Å². The molecule has 1 aliphatic heterocycles. The molecule has 0 unspecified atom stereocenters. The van der Waals surface area contributed by atoms with Crippen LogP contribution in [0.25, 0.3) is 0 Å². The van der Waals surface area contributed by atoms with Crippen LogP contribution in [0.2, 0.25) is 0 Å². The maximum absolute atomic E-state index is 11.8. The number of hydrogen-bond donors (Lipinski definition) is 2. The SMILES string of the molecule is O=C1OC(O)(CCCO)OC(=O)c2ccccc21. The number of cyclic esters (lactones) is 2. The summed E-state index contributed by atoms with van der Waals surface area (Å²) in [5, 5.41) is 18.6. The van der Waals surface area contributed by atoms with Crippen molar-refractivity contribution in [2.24, 2.45) is 0 Å². The molecule has 0 saturated carbocycles. The van der Waals surface area contributed by atoms with E-state index in [-0.39, 0.29) is 30.6 Å². The second-order valence-corrected chi connectivity index (χ2v) is 3.86. The van der Waals surface area contributed by atoms with Crippen molar-refractivity contribution in [2.75, 3.05) is 6.61 Å². The summed E-state index contributed by atoms with van der Waals surface area (Å²) in [4.78, 5) is 23.5. The third-order valence-corrected chi connectivity index (χ3v) is 2.52.